The molecule has 2 fully saturated rings. The van der Waals surface area contributed by atoms with Gasteiger partial charge < -0.3 is 20.0 Å². The van der Waals surface area contributed by atoms with Gasteiger partial charge in [0.2, 0.25) is 5.91 Å². The zero-order chi connectivity index (χ0) is 15.6. The lowest BCUT2D eigenvalue weighted by Crippen LogP contribution is -2.57. The number of carbonyl (C=O) groups excluding carboxylic acids is 2. The SMILES string of the molecule is CC(C)C1(C(=O)N2CCN(C(=O)N(C)C)CC2)CCNC1. The molecular weight excluding hydrogens is 268 g/mol. The molecule has 2 aliphatic rings. The lowest BCUT2D eigenvalue weighted by atomic mass is 9.75. The topological polar surface area (TPSA) is 55.9 Å². The van der Waals surface area contributed by atoms with Crippen molar-refractivity contribution in [2.24, 2.45) is 11.3 Å². The van der Waals surface area contributed by atoms with Crippen LogP contribution in [0, 0.1) is 11.3 Å². The molecule has 1 atom stereocenters. The van der Waals surface area contributed by atoms with E-state index in [1.165, 1.54) is 0 Å². The van der Waals surface area contributed by atoms with Gasteiger partial charge in [-0.1, -0.05) is 13.8 Å². The number of carbonyl (C=O) groups is 2. The predicted molar refractivity (Wildman–Crippen MR) is 82.0 cm³/mol. The maximum Gasteiger partial charge on any atom is 0.319 e. The Kier molecular flexibility index (Phi) is 4.76. The molecule has 2 heterocycles. The summed E-state index contributed by atoms with van der Waals surface area (Å²) < 4.78 is 0. The number of nitrogens with zero attached hydrogens (tertiary/aromatic N) is 3. The minimum atomic E-state index is -0.256. The molecule has 0 bridgehead atoms. The predicted octanol–water partition coefficient (Wildman–Crippen LogP) is 0.448. The summed E-state index contributed by atoms with van der Waals surface area (Å²) in [6.45, 7) is 8.52. The van der Waals surface area contributed by atoms with Crippen LogP contribution in [-0.2, 0) is 4.79 Å². The van der Waals surface area contributed by atoms with E-state index in [1.54, 1.807) is 19.0 Å². The Bertz CT molecular complexity index is 394. The van der Waals surface area contributed by atoms with Crippen LogP contribution in [0.1, 0.15) is 20.3 Å². The molecule has 2 rings (SSSR count). The van der Waals surface area contributed by atoms with Crippen molar-refractivity contribution in [1.82, 2.24) is 20.0 Å². The summed E-state index contributed by atoms with van der Waals surface area (Å²) >= 11 is 0. The summed E-state index contributed by atoms with van der Waals surface area (Å²) in [7, 11) is 3.52. The van der Waals surface area contributed by atoms with Crippen molar-refractivity contribution >= 4 is 11.9 Å². The second-order valence-corrected chi connectivity index (χ2v) is 6.69. The van der Waals surface area contributed by atoms with Crippen molar-refractivity contribution in [3.63, 3.8) is 0 Å². The average molecular weight is 296 g/mol. The summed E-state index contributed by atoms with van der Waals surface area (Å²) in [4.78, 5) is 30.2. The van der Waals surface area contributed by atoms with Gasteiger partial charge in [0.05, 0.1) is 5.41 Å². The Labute approximate surface area is 127 Å². The molecule has 1 N–H and O–H groups in total. The van der Waals surface area contributed by atoms with E-state index in [1.807, 2.05) is 9.80 Å². The van der Waals surface area contributed by atoms with Crippen LogP contribution >= 0.6 is 0 Å². The van der Waals surface area contributed by atoms with Crippen LogP contribution in [0.15, 0.2) is 0 Å². The molecule has 0 radical (unpaired) electrons. The summed E-state index contributed by atoms with van der Waals surface area (Å²) in [5, 5.41) is 3.34. The molecule has 6 nitrogen and oxygen atoms in total. The van der Waals surface area contributed by atoms with Crippen molar-refractivity contribution in [3.05, 3.63) is 0 Å². The first-order valence-electron chi connectivity index (χ1n) is 7.85. The normalized spacial score (nSPS) is 26.3. The lowest BCUT2D eigenvalue weighted by molar-refractivity contribution is -0.145. The minimum absolute atomic E-state index is 0.0307. The van der Waals surface area contributed by atoms with E-state index < -0.39 is 0 Å². The van der Waals surface area contributed by atoms with Crippen molar-refractivity contribution in [2.75, 3.05) is 53.4 Å². The molecule has 2 saturated heterocycles. The van der Waals surface area contributed by atoms with E-state index in [4.69, 9.17) is 0 Å². The summed E-state index contributed by atoms with van der Waals surface area (Å²) in [6, 6.07) is 0.0307. The van der Waals surface area contributed by atoms with E-state index in [2.05, 4.69) is 19.2 Å². The third kappa shape index (κ3) is 3.00. The summed E-state index contributed by atoms with van der Waals surface area (Å²) in [5.41, 5.74) is -0.256. The van der Waals surface area contributed by atoms with Gasteiger partial charge in [0.1, 0.15) is 0 Å². The Balaban J connectivity index is 1.98. The highest BCUT2D eigenvalue weighted by molar-refractivity contribution is 5.84. The standard InChI is InChI=1S/C15H28N4O2/c1-12(2)15(5-6-16-11-15)13(20)18-7-9-19(10-8-18)14(21)17(3)4/h12,16H,5-11H2,1-4H3. The largest absolute Gasteiger partial charge is 0.339 e. The van der Waals surface area contributed by atoms with E-state index in [0.717, 1.165) is 19.5 Å². The molecule has 1 unspecified atom stereocenters. The van der Waals surface area contributed by atoms with Gasteiger partial charge in [-0.3, -0.25) is 4.79 Å². The Morgan fingerprint density at radius 3 is 2.10 bits per heavy atom. The fourth-order valence-electron chi connectivity index (χ4n) is 3.33. The number of amides is 3. The van der Waals surface area contributed by atoms with Crippen LogP contribution in [0.2, 0.25) is 0 Å². The van der Waals surface area contributed by atoms with Crippen molar-refractivity contribution in [3.8, 4) is 0 Å². The van der Waals surface area contributed by atoms with Gasteiger partial charge in [0.15, 0.2) is 0 Å². The second-order valence-electron chi connectivity index (χ2n) is 6.69. The fraction of sp³-hybridized carbons (Fsp3) is 0.867. The van der Waals surface area contributed by atoms with Gasteiger partial charge in [-0.15, -0.1) is 0 Å². The molecule has 3 amide bonds. The van der Waals surface area contributed by atoms with Crippen LogP contribution in [0.3, 0.4) is 0 Å². The average Bonchev–Trinajstić information content (AvgIpc) is 2.96. The quantitative estimate of drug-likeness (QED) is 0.805. The van der Waals surface area contributed by atoms with E-state index in [0.29, 0.717) is 32.1 Å². The van der Waals surface area contributed by atoms with Crippen LogP contribution in [0.25, 0.3) is 0 Å². The van der Waals surface area contributed by atoms with Crippen LogP contribution in [-0.4, -0.2) is 80.0 Å². The zero-order valence-corrected chi connectivity index (χ0v) is 13.7. The smallest absolute Gasteiger partial charge is 0.319 e. The summed E-state index contributed by atoms with van der Waals surface area (Å²) in [5.74, 6) is 0.598. The minimum Gasteiger partial charge on any atom is -0.339 e. The van der Waals surface area contributed by atoms with Crippen molar-refractivity contribution < 1.29 is 9.59 Å². The molecule has 0 aliphatic carbocycles. The first-order chi connectivity index (χ1) is 9.88. The lowest BCUT2D eigenvalue weighted by Gasteiger charge is -2.41. The van der Waals surface area contributed by atoms with E-state index in [-0.39, 0.29) is 17.4 Å². The molecule has 6 heteroatoms. The first-order valence-corrected chi connectivity index (χ1v) is 7.85. The van der Waals surface area contributed by atoms with Gasteiger partial charge in [0.25, 0.3) is 0 Å². The highest BCUT2D eigenvalue weighted by Crippen LogP contribution is 2.36. The Morgan fingerprint density at radius 1 is 1.10 bits per heavy atom. The molecule has 0 spiro atoms. The molecule has 0 saturated carbocycles. The molecule has 2 aliphatic heterocycles. The van der Waals surface area contributed by atoms with E-state index >= 15 is 0 Å². The molecular formula is C15H28N4O2. The molecule has 0 aromatic rings. The number of nitrogens with one attached hydrogen (secondary N) is 1. The second kappa shape index (κ2) is 6.22. The maximum atomic E-state index is 12.9. The Hall–Kier alpha value is -1.30. The first kappa shape index (κ1) is 16.1. The number of urea groups is 1. The summed E-state index contributed by atoms with van der Waals surface area (Å²) in [6.07, 6.45) is 0.917. The van der Waals surface area contributed by atoms with Gasteiger partial charge in [-0.25, -0.2) is 4.79 Å². The van der Waals surface area contributed by atoms with Crippen LogP contribution in [0.4, 0.5) is 4.79 Å². The van der Waals surface area contributed by atoms with Gasteiger partial charge in [0, 0.05) is 46.8 Å². The highest BCUT2D eigenvalue weighted by Gasteiger charge is 2.46. The third-order valence-corrected chi connectivity index (χ3v) is 4.94. The van der Waals surface area contributed by atoms with Gasteiger partial charge >= 0.3 is 6.03 Å². The number of hydrogen-bond acceptors (Lipinski definition) is 3. The maximum absolute atomic E-state index is 12.9. The van der Waals surface area contributed by atoms with Crippen LogP contribution < -0.4 is 5.32 Å². The number of hydrogen-bond donors (Lipinski definition) is 1. The molecule has 0 aromatic carbocycles. The third-order valence-electron chi connectivity index (χ3n) is 4.94. The zero-order valence-electron chi connectivity index (χ0n) is 13.7. The monoisotopic (exact) mass is 296 g/mol. The van der Waals surface area contributed by atoms with Gasteiger partial charge in [-0.2, -0.15) is 0 Å². The van der Waals surface area contributed by atoms with Crippen molar-refractivity contribution in [1.29, 1.82) is 0 Å². The fourth-order valence-corrected chi connectivity index (χ4v) is 3.33. The highest BCUT2D eigenvalue weighted by atomic mass is 16.2. The van der Waals surface area contributed by atoms with Crippen molar-refractivity contribution in [2.45, 2.75) is 20.3 Å². The van der Waals surface area contributed by atoms with E-state index in [9.17, 15) is 9.59 Å². The molecule has 0 aromatic heterocycles. The van der Waals surface area contributed by atoms with Crippen LogP contribution in [0.5, 0.6) is 0 Å². The number of piperazine rings is 1. The molecule has 21 heavy (non-hydrogen) atoms. The Morgan fingerprint density at radius 2 is 1.67 bits per heavy atom. The van der Waals surface area contributed by atoms with Gasteiger partial charge in [-0.05, 0) is 18.9 Å². The number of rotatable bonds is 2. The molecule has 120 valence electrons.